The highest BCUT2D eigenvalue weighted by atomic mass is 16.5. The maximum Gasteiger partial charge on any atom is 0.228 e. The molecule has 2 heterocycles. The minimum atomic E-state index is -0.604. The molecule has 0 radical (unpaired) electrons. The summed E-state index contributed by atoms with van der Waals surface area (Å²) in [6.45, 7) is 7.80. The Balaban J connectivity index is 1.77. The summed E-state index contributed by atoms with van der Waals surface area (Å²) < 4.78 is 12.7. The lowest BCUT2D eigenvalue weighted by atomic mass is 9.74. The minimum absolute atomic E-state index is 0.0624. The van der Waals surface area contributed by atoms with Gasteiger partial charge in [-0.15, -0.1) is 0 Å². The zero-order valence-electron chi connectivity index (χ0n) is 19.6. The van der Waals surface area contributed by atoms with Crippen molar-refractivity contribution in [2.24, 2.45) is 0 Å². The van der Waals surface area contributed by atoms with Gasteiger partial charge in [0.15, 0.2) is 11.5 Å². The molecule has 2 aromatic rings. The predicted molar refractivity (Wildman–Crippen MR) is 131 cm³/mol. The van der Waals surface area contributed by atoms with Gasteiger partial charge in [-0.3, -0.25) is 9.59 Å². The molecule has 0 saturated carbocycles. The van der Waals surface area contributed by atoms with Crippen LogP contribution in [0.1, 0.15) is 59.5 Å². The molecule has 0 amide bonds. The summed E-state index contributed by atoms with van der Waals surface area (Å²) in [6.07, 6.45) is 7.71. The molecule has 2 aromatic carbocycles. The Morgan fingerprint density at radius 1 is 0.559 bits per heavy atom. The van der Waals surface area contributed by atoms with E-state index in [2.05, 4.69) is 0 Å². The average Bonchev–Trinajstić information content (AvgIpc) is 2.80. The fraction of sp³-hybridized carbons (Fsp3) is 0.200. The van der Waals surface area contributed by atoms with Crippen molar-refractivity contribution in [2.75, 3.05) is 0 Å². The number of ether oxygens (including phenoxy) is 2. The number of hydrogen-bond donors (Lipinski definition) is 0. The Morgan fingerprint density at radius 3 is 1.65 bits per heavy atom. The number of carbonyl (C=O) groups is 2. The van der Waals surface area contributed by atoms with Crippen LogP contribution in [-0.2, 0) is 9.47 Å². The van der Waals surface area contributed by atoms with Gasteiger partial charge in [0.1, 0.15) is 17.0 Å². The number of carbonyl (C=O) groups excluding carboxylic acids is 2. The summed E-state index contributed by atoms with van der Waals surface area (Å²) in [5.41, 5.74) is 4.50. The molecule has 0 unspecified atom stereocenters. The van der Waals surface area contributed by atoms with Gasteiger partial charge in [0.2, 0.25) is 5.78 Å². The Bertz CT molecular complexity index is 1470. The molecule has 0 saturated heterocycles. The van der Waals surface area contributed by atoms with E-state index in [0.717, 1.165) is 22.3 Å². The smallest absolute Gasteiger partial charge is 0.228 e. The van der Waals surface area contributed by atoms with E-state index in [9.17, 15) is 9.59 Å². The Labute approximate surface area is 198 Å². The molecule has 168 valence electrons. The van der Waals surface area contributed by atoms with Crippen LogP contribution < -0.4 is 0 Å². The van der Waals surface area contributed by atoms with Gasteiger partial charge in [-0.25, -0.2) is 0 Å². The van der Waals surface area contributed by atoms with E-state index in [0.29, 0.717) is 33.8 Å². The van der Waals surface area contributed by atoms with Crippen molar-refractivity contribution in [1.29, 1.82) is 0 Å². The van der Waals surface area contributed by atoms with Crippen LogP contribution in [0.2, 0.25) is 0 Å². The molecule has 6 rings (SSSR count). The van der Waals surface area contributed by atoms with Crippen LogP contribution in [0, 0.1) is 0 Å². The summed E-state index contributed by atoms with van der Waals surface area (Å²) in [6, 6.07) is 15.2. The van der Waals surface area contributed by atoms with Crippen LogP contribution in [0.5, 0.6) is 0 Å². The molecule has 4 nitrogen and oxygen atoms in total. The first-order valence-corrected chi connectivity index (χ1v) is 11.5. The number of hydrogen-bond acceptors (Lipinski definition) is 4. The Morgan fingerprint density at radius 2 is 1.03 bits per heavy atom. The second-order valence-electron chi connectivity index (χ2n) is 10.1. The zero-order chi connectivity index (χ0) is 23.8. The number of fused-ring (bicyclic) bond motifs is 2. The van der Waals surface area contributed by atoms with Crippen LogP contribution in [-0.4, -0.2) is 22.8 Å². The van der Waals surface area contributed by atoms with Crippen molar-refractivity contribution in [3.05, 3.63) is 118 Å². The fourth-order valence-electron chi connectivity index (χ4n) is 5.00. The Kier molecular flexibility index (Phi) is 4.13. The van der Waals surface area contributed by atoms with Gasteiger partial charge in [-0.05, 0) is 57.0 Å². The molecule has 4 aliphatic rings. The van der Waals surface area contributed by atoms with Crippen LogP contribution in [0.25, 0.3) is 11.1 Å². The highest BCUT2D eigenvalue weighted by Crippen LogP contribution is 2.50. The lowest BCUT2D eigenvalue weighted by Crippen LogP contribution is -2.32. The van der Waals surface area contributed by atoms with E-state index < -0.39 is 11.2 Å². The summed E-state index contributed by atoms with van der Waals surface area (Å²) in [5, 5.41) is 0. The molecule has 0 aromatic heterocycles. The second kappa shape index (κ2) is 6.80. The summed E-state index contributed by atoms with van der Waals surface area (Å²) in [7, 11) is 0. The molecule has 0 N–H and O–H groups in total. The average molecular weight is 449 g/mol. The number of allylic oxidation sites excluding steroid dienone is 7. The highest BCUT2D eigenvalue weighted by Gasteiger charge is 2.41. The van der Waals surface area contributed by atoms with E-state index in [-0.39, 0.29) is 11.6 Å². The second-order valence-corrected chi connectivity index (χ2v) is 10.1. The number of benzene rings is 2. The lowest BCUT2D eigenvalue weighted by molar-refractivity contribution is 0.0566. The first-order valence-electron chi connectivity index (χ1n) is 11.5. The first kappa shape index (κ1) is 20.7. The molecule has 0 bridgehead atoms. The predicted octanol–water partition coefficient (Wildman–Crippen LogP) is 6.23. The lowest BCUT2D eigenvalue weighted by Gasteiger charge is -2.37. The molecule has 0 spiro atoms. The van der Waals surface area contributed by atoms with Crippen LogP contribution in [0.4, 0.5) is 0 Å². The topological polar surface area (TPSA) is 52.6 Å². The third-order valence-corrected chi connectivity index (χ3v) is 6.60. The maximum atomic E-state index is 13.5. The van der Waals surface area contributed by atoms with Gasteiger partial charge in [-0.2, -0.15) is 0 Å². The van der Waals surface area contributed by atoms with Gasteiger partial charge in [0.25, 0.3) is 0 Å². The third-order valence-electron chi connectivity index (χ3n) is 6.60. The molecule has 2 aliphatic heterocycles. The van der Waals surface area contributed by atoms with Crippen molar-refractivity contribution in [2.45, 2.75) is 38.9 Å². The monoisotopic (exact) mass is 448 g/mol. The molecular formula is C30H24O4. The van der Waals surface area contributed by atoms with Crippen molar-refractivity contribution < 1.29 is 19.1 Å². The maximum absolute atomic E-state index is 13.5. The highest BCUT2D eigenvalue weighted by molar-refractivity contribution is 6.26. The van der Waals surface area contributed by atoms with Crippen molar-refractivity contribution in [1.82, 2.24) is 0 Å². The van der Waals surface area contributed by atoms with Gasteiger partial charge < -0.3 is 9.47 Å². The van der Waals surface area contributed by atoms with Crippen molar-refractivity contribution in [3.8, 4) is 0 Å². The molecule has 0 atom stereocenters. The molecule has 0 fully saturated rings. The third kappa shape index (κ3) is 2.91. The molecule has 4 heteroatoms. The largest absolute Gasteiger partial charge is 0.482 e. The van der Waals surface area contributed by atoms with Gasteiger partial charge in [0.05, 0.1) is 5.57 Å². The van der Waals surface area contributed by atoms with Crippen LogP contribution >= 0.6 is 0 Å². The molecular weight excluding hydrogens is 424 g/mol. The van der Waals surface area contributed by atoms with E-state index >= 15 is 0 Å². The number of rotatable bonds is 0. The van der Waals surface area contributed by atoms with Crippen LogP contribution in [0.15, 0.2) is 95.5 Å². The standard InChI is InChI=1S/C30H24O4/c1-29(2)16-14-22-25(31)19-11-7-6-10-18(19)24(27(22)33-29)23-17-9-5-8-12-20(17)26(32)28-21(23)13-15-30(3,4)34-28/h5-16H,1-4H3. The first-order chi connectivity index (χ1) is 16.2. The van der Waals surface area contributed by atoms with E-state index in [1.165, 1.54) is 0 Å². The zero-order valence-corrected chi connectivity index (χ0v) is 19.6. The fourth-order valence-corrected chi connectivity index (χ4v) is 5.00. The van der Waals surface area contributed by atoms with Crippen molar-refractivity contribution in [3.63, 3.8) is 0 Å². The summed E-state index contributed by atoms with van der Waals surface area (Å²) in [5.74, 6) is 0.676. The Hall–Kier alpha value is -3.92. The van der Waals surface area contributed by atoms with E-state index in [1.807, 2.05) is 101 Å². The number of Topliss-reactive ketones (excluding diaryl/α,β-unsaturated/α-hetero) is 2. The van der Waals surface area contributed by atoms with Gasteiger partial charge in [-0.1, -0.05) is 54.6 Å². The SMILES string of the molecule is CC1(C)C=CC2=C(O1)C(=O)c1ccccc1C2=C1C2=C(C=CC(C)(C)O2)C(=O)c2ccccc21. The van der Waals surface area contributed by atoms with Gasteiger partial charge >= 0.3 is 0 Å². The van der Waals surface area contributed by atoms with E-state index in [1.54, 1.807) is 0 Å². The van der Waals surface area contributed by atoms with Crippen LogP contribution in [0.3, 0.4) is 0 Å². The normalized spacial score (nSPS) is 23.5. The van der Waals surface area contributed by atoms with E-state index in [4.69, 9.17) is 9.47 Å². The molecule has 34 heavy (non-hydrogen) atoms. The van der Waals surface area contributed by atoms with Crippen molar-refractivity contribution >= 4 is 22.7 Å². The number of ketones is 2. The molecule has 2 aliphatic carbocycles. The summed E-state index contributed by atoms with van der Waals surface area (Å²) in [4.78, 5) is 26.9. The quantitative estimate of drug-likeness (QED) is 0.480. The minimum Gasteiger partial charge on any atom is -0.482 e. The summed E-state index contributed by atoms with van der Waals surface area (Å²) >= 11 is 0. The van der Waals surface area contributed by atoms with Gasteiger partial charge in [0, 0.05) is 27.8 Å².